The minimum absolute atomic E-state index is 1.10. The molecule has 0 N–H and O–H groups in total. The van der Waals surface area contributed by atoms with E-state index in [9.17, 15) is 0 Å². The quantitative estimate of drug-likeness (QED) is 0.149. The van der Waals surface area contributed by atoms with Crippen LogP contribution in [0.25, 0.3) is 81.6 Å². The topological polar surface area (TPSA) is 7.65 Å². The van der Waals surface area contributed by atoms with Crippen LogP contribution < -0.4 is 4.90 Å². The van der Waals surface area contributed by atoms with Gasteiger partial charge in [-0.1, -0.05) is 182 Å². The third kappa shape index (κ3) is 6.29. The first kappa shape index (κ1) is 34.8. The van der Waals surface area contributed by atoms with Crippen LogP contribution in [0.5, 0.6) is 0 Å². The first-order valence-corrected chi connectivity index (χ1v) is 20.9. The van der Waals surface area contributed by atoms with Gasteiger partial charge in [0.2, 0.25) is 0 Å². The number of hydrogen-bond acceptors (Lipinski definition) is 2. The highest BCUT2D eigenvalue weighted by Crippen LogP contribution is 2.45. The van der Waals surface area contributed by atoms with Crippen LogP contribution >= 0.6 is 11.3 Å². The molecule has 0 bridgehead atoms. The van der Waals surface area contributed by atoms with E-state index in [1.807, 2.05) is 11.3 Å². The summed E-state index contributed by atoms with van der Waals surface area (Å²) in [7, 11) is 0. The zero-order chi connectivity index (χ0) is 39.1. The highest BCUT2D eigenvalue weighted by Gasteiger charge is 2.20. The number of anilines is 3. The van der Waals surface area contributed by atoms with Crippen molar-refractivity contribution in [2.24, 2.45) is 0 Å². The summed E-state index contributed by atoms with van der Waals surface area (Å²) in [6.45, 7) is 0. The Hall–Kier alpha value is -7.46. The van der Waals surface area contributed by atoms with E-state index in [0.29, 0.717) is 0 Å². The molecule has 278 valence electrons. The molecule has 0 aliphatic rings. The lowest BCUT2D eigenvalue weighted by atomic mass is 9.99. The summed E-state index contributed by atoms with van der Waals surface area (Å²) < 4.78 is 3.77. The SMILES string of the molecule is c1ccc(-c2ccc(N(c3ccc(-c4ccccc4)cc3)c3cccc(-c4ccc(-c5cccc6sc7c(-c8ccccc8)c8ccccc8n7c56)cc4)c3)cc2)cc1. The average Bonchev–Trinajstić information content (AvgIpc) is 3.85. The standard InChI is InChI=1S/C56H38N2S/c1-4-14-39(15-5-1)41-30-34-47(35-31-41)57(48-36-32-42(33-37-48)40-16-6-2-7-17-40)49-21-12-20-46(38-49)43-26-28-44(29-27-43)50-23-13-25-53-55(50)58-52-24-11-10-22-51(52)54(56(58)59-53)45-18-8-3-9-19-45/h1-38H. The van der Waals surface area contributed by atoms with Gasteiger partial charge in [0.05, 0.1) is 15.7 Å². The monoisotopic (exact) mass is 770 g/mol. The van der Waals surface area contributed by atoms with E-state index in [1.165, 1.54) is 81.6 Å². The summed E-state index contributed by atoms with van der Waals surface area (Å²) in [4.78, 5) is 3.64. The van der Waals surface area contributed by atoms with Gasteiger partial charge in [-0.05, 0) is 93.0 Å². The summed E-state index contributed by atoms with van der Waals surface area (Å²) in [6, 6.07) is 83.3. The number of thiazole rings is 1. The van der Waals surface area contributed by atoms with Gasteiger partial charge < -0.3 is 4.90 Å². The fourth-order valence-electron chi connectivity index (χ4n) is 8.57. The van der Waals surface area contributed by atoms with Crippen molar-refractivity contribution in [2.45, 2.75) is 0 Å². The molecule has 9 aromatic carbocycles. The molecule has 11 aromatic rings. The molecule has 0 unspecified atom stereocenters. The van der Waals surface area contributed by atoms with Crippen LogP contribution in [0.4, 0.5) is 17.1 Å². The number of aromatic nitrogens is 1. The van der Waals surface area contributed by atoms with E-state index < -0.39 is 0 Å². The number of para-hydroxylation sites is 2. The summed E-state index contributed by atoms with van der Waals surface area (Å²) >= 11 is 1.88. The zero-order valence-corrected chi connectivity index (χ0v) is 33.1. The molecule has 11 rings (SSSR count). The Labute approximate surface area is 348 Å². The van der Waals surface area contributed by atoms with Gasteiger partial charge in [-0.15, -0.1) is 11.3 Å². The Morgan fingerprint density at radius 1 is 0.339 bits per heavy atom. The Kier molecular flexibility index (Phi) is 8.72. The Morgan fingerprint density at radius 3 is 1.44 bits per heavy atom. The van der Waals surface area contributed by atoms with Crippen molar-refractivity contribution in [2.75, 3.05) is 4.90 Å². The number of fused-ring (bicyclic) bond motifs is 5. The summed E-state index contributed by atoms with van der Waals surface area (Å²) in [5.74, 6) is 0. The molecule has 0 aliphatic carbocycles. The number of benzene rings is 9. The minimum Gasteiger partial charge on any atom is -0.310 e. The van der Waals surface area contributed by atoms with Crippen molar-refractivity contribution in [3.63, 3.8) is 0 Å². The Balaban J connectivity index is 0.976. The van der Waals surface area contributed by atoms with E-state index in [0.717, 1.165) is 17.1 Å². The van der Waals surface area contributed by atoms with Crippen molar-refractivity contribution < 1.29 is 0 Å². The largest absolute Gasteiger partial charge is 0.310 e. The van der Waals surface area contributed by atoms with E-state index in [-0.39, 0.29) is 0 Å². The smallest absolute Gasteiger partial charge is 0.109 e. The lowest BCUT2D eigenvalue weighted by Crippen LogP contribution is -2.10. The molecule has 0 spiro atoms. The lowest BCUT2D eigenvalue weighted by Gasteiger charge is -2.26. The van der Waals surface area contributed by atoms with Crippen LogP contribution in [0.15, 0.2) is 231 Å². The fourth-order valence-corrected chi connectivity index (χ4v) is 9.84. The van der Waals surface area contributed by atoms with Crippen molar-refractivity contribution in [1.29, 1.82) is 0 Å². The maximum atomic E-state index is 2.48. The van der Waals surface area contributed by atoms with Crippen LogP contribution in [0.3, 0.4) is 0 Å². The zero-order valence-electron chi connectivity index (χ0n) is 32.2. The molecule has 3 heteroatoms. The van der Waals surface area contributed by atoms with Crippen LogP contribution in [0.2, 0.25) is 0 Å². The molecular weight excluding hydrogens is 733 g/mol. The van der Waals surface area contributed by atoms with E-state index in [2.05, 4.69) is 240 Å². The van der Waals surface area contributed by atoms with Gasteiger partial charge in [-0.25, -0.2) is 0 Å². The second-order valence-electron chi connectivity index (χ2n) is 14.9. The van der Waals surface area contributed by atoms with E-state index >= 15 is 0 Å². The van der Waals surface area contributed by atoms with Gasteiger partial charge in [0.15, 0.2) is 0 Å². The molecule has 0 fully saturated rings. The Bertz CT molecular complexity index is 3140. The molecule has 0 saturated carbocycles. The molecule has 0 saturated heterocycles. The fraction of sp³-hybridized carbons (Fsp3) is 0. The minimum atomic E-state index is 1.10. The van der Waals surface area contributed by atoms with E-state index in [1.54, 1.807) is 0 Å². The number of rotatable bonds is 8. The molecular formula is C56H38N2S. The second kappa shape index (κ2) is 14.8. The van der Waals surface area contributed by atoms with E-state index in [4.69, 9.17) is 0 Å². The number of nitrogens with zero attached hydrogens (tertiary/aromatic N) is 2. The third-order valence-electron chi connectivity index (χ3n) is 11.4. The molecule has 2 aromatic heterocycles. The van der Waals surface area contributed by atoms with Crippen LogP contribution in [-0.2, 0) is 0 Å². The maximum absolute atomic E-state index is 2.48. The van der Waals surface area contributed by atoms with Gasteiger partial charge in [-0.2, -0.15) is 0 Å². The highest BCUT2D eigenvalue weighted by atomic mass is 32.1. The Morgan fingerprint density at radius 2 is 0.814 bits per heavy atom. The second-order valence-corrected chi connectivity index (χ2v) is 16.0. The third-order valence-corrected chi connectivity index (χ3v) is 12.6. The number of hydrogen-bond donors (Lipinski definition) is 0. The molecule has 0 radical (unpaired) electrons. The van der Waals surface area contributed by atoms with Crippen LogP contribution in [0.1, 0.15) is 0 Å². The van der Waals surface area contributed by atoms with Crippen molar-refractivity contribution >= 4 is 54.3 Å². The molecule has 0 amide bonds. The predicted molar refractivity (Wildman–Crippen MR) is 252 cm³/mol. The van der Waals surface area contributed by atoms with Gasteiger partial charge in [0, 0.05) is 33.6 Å². The molecule has 0 aliphatic heterocycles. The van der Waals surface area contributed by atoms with Crippen LogP contribution in [-0.4, -0.2) is 4.40 Å². The van der Waals surface area contributed by atoms with Gasteiger partial charge in [-0.3, -0.25) is 4.40 Å². The van der Waals surface area contributed by atoms with Crippen molar-refractivity contribution in [1.82, 2.24) is 4.40 Å². The van der Waals surface area contributed by atoms with Gasteiger partial charge in [0.1, 0.15) is 4.83 Å². The van der Waals surface area contributed by atoms with Crippen molar-refractivity contribution in [3.8, 4) is 55.6 Å². The summed E-state index contributed by atoms with van der Waals surface area (Å²) in [5.41, 5.74) is 18.0. The summed E-state index contributed by atoms with van der Waals surface area (Å²) in [5, 5.41) is 1.28. The first-order chi connectivity index (χ1) is 29.3. The normalized spacial score (nSPS) is 11.4. The molecule has 0 atom stereocenters. The van der Waals surface area contributed by atoms with Gasteiger partial charge >= 0.3 is 0 Å². The van der Waals surface area contributed by atoms with Crippen LogP contribution in [0, 0.1) is 0 Å². The van der Waals surface area contributed by atoms with Gasteiger partial charge in [0.25, 0.3) is 0 Å². The first-order valence-electron chi connectivity index (χ1n) is 20.1. The lowest BCUT2D eigenvalue weighted by molar-refractivity contribution is 1.28. The molecule has 2 heterocycles. The highest BCUT2D eigenvalue weighted by molar-refractivity contribution is 7.24. The average molecular weight is 771 g/mol. The molecule has 2 nitrogen and oxygen atoms in total. The van der Waals surface area contributed by atoms with Crippen molar-refractivity contribution in [3.05, 3.63) is 231 Å². The molecule has 59 heavy (non-hydrogen) atoms. The maximum Gasteiger partial charge on any atom is 0.109 e. The summed E-state index contributed by atoms with van der Waals surface area (Å²) in [6.07, 6.45) is 0. The predicted octanol–water partition coefficient (Wildman–Crippen LogP) is 16.1.